The lowest BCUT2D eigenvalue weighted by Gasteiger charge is -2.28. The lowest BCUT2D eigenvalue weighted by molar-refractivity contribution is -0.118. The predicted molar refractivity (Wildman–Crippen MR) is 84.0 cm³/mol. The molecule has 0 saturated heterocycles. The fraction of sp³-hybridized carbons (Fsp3) is 0.571. The van der Waals surface area contributed by atoms with E-state index in [9.17, 15) is 9.59 Å². The number of thiophene rings is 1. The number of nitrogens with one attached hydrogen (secondary N) is 1. The van der Waals surface area contributed by atoms with Crippen LogP contribution in [0.4, 0.5) is 0 Å². The first-order chi connectivity index (χ1) is 9.62. The minimum absolute atomic E-state index is 0.0147. The van der Waals surface area contributed by atoms with Crippen LogP contribution < -0.4 is 11.1 Å². The molecule has 1 aromatic heterocycles. The molecule has 110 valence electrons. The summed E-state index contributed by atoms with van der Waals surface area (Å²) in [5, 5.41) is 5.12. The number of carbonyl (C=O) groups excluding carboxylic acids is 2. The highest BCUT2D eigenvalue weighted by molar-refractivity contribution is 8.00. The zero-order valence-corrected chi connectivity index (χ0v) is 13.0. The summed E-state index contributed by atoms with van der Waals surface area (Å²) in [7, 11) is 0. The molecule has 0 bridgehead atoms. The van der Waals surface area contributed by atoms with Crippen molar-refractivity contribution < 1.29 is 9.59 Å². The minimum Gasteiger partial charge on any atom is -0.369 e. The van der Waals surface area contributed by atoms with E-state index >= 15 is 0 Å². The first-order valence-electron chi connectivity index (χ1n) is 6.79. The summed E-state index contributed by atoms with van der Waals surface area (Å²) in [6.45, 7) is 0.698. The van der Waals surface area contributed by atoms with E-state index in [2.05, 4.69) is 22.8 Å². The maximum absolute atomic E-state index is 11.8. The SMILES string of the molecule is NC(=O)CSCC(=O)NCC1(c2cccs2)CCCC1. The highest BCUT2D eigenvalue weighted by Gasteiger charge is 2.36. The zero-order valence-electron chi connectivity index (χ0n) is 11.4. The molecule has 2 rings (SSSR count). The van der Waals surface area contributed by atoms with Gasteiger partial charge in [-0.25, -0.2) is 0 Å². The Morgan fingerprint density at radius 3 is 2.70 bits per heavy atom. The third-order valence-electron chi connectivity index (χ3n) is 3.71. The Labute approximate surface area is 127 Å². The number of rotatable bonds is 7. The summed E-state index contributed by atoms with van der Waals surface area (Å²) < 4.78 is 0. The van der Waals surface area contributed by atoms with E-state index in [1.54, 1.807) is 11.3 Å². The molecular weight excluding hydrogens is 292 g/mol. The molecule has 6 heteroatoms. The monoisotopic (exact) mass is 312 g/mol. The average Bonchev–Trinajstić information content (AvgIpc) is 3.08. The number of hydrogen-bond acceptors (Lipinski definition) is 4. The van der Waals surface area contributed by atoms with Gasteiger partial charge in [-0.3, -0.25) is 9.59 Å². The van der Waals surface area contributed by atoms with E-state index in [4.69, 9.17) is 5.73 Å². The Kier molecular flexibility index (Phi) is 5.48. The molecule has 1 aliphatic carbocycles. The summed E-state index contributed by atoms with van der Waals surface area (Å²) in [6.07, 6.45) is 4.73. The van der Waals surface area contributed by atoms with Gasteiger partial charge in [-0.1, -0.05) is 18.9 Å². The van der Waals surface area contributed by atoms with Gasteiger partial charge in [0.2, 0.25) is 11.8 Å². The summed E-state index contributed by atoms with van der Waals surface area (Å²) in [6, 6.07) is 4.24. The third kappa shape index (κ3) is 3.99. The molecular formula is C14H20N2O2S2. The Bertz CT molecular complexity index is 454. The largest absolute Gasteiger partial charge is 0.369 e. The molecule has 1 aromatic rings. The Morgan fingerprint density at radius 1 is 1.35 bits per heavy atom. The van der Waals surface area contributed by atoms with Crippen LogP contribution >= 0.6 is 23.1 Å². The highest BCUT2D eigenvalue weighted by Crippen LogP contribution is 2.42. The van der Waals surface area contributed by atoms with Crippen LogP contribution in [0.1, 0.15) is 30.6 Å². The van der Waals surface area contributed by atoms with Crippen LogP contribution in [-0.4, -0.2) is 29.9 Å². The van der Waals surface area contributed by atoms with Gasteiger partial charge in [-0.05, 0) is 24.3 Å². The maximum Gasteiger partial charge on any atom is 0.230 e. The van der Waals surface area contributed by atoms with Crippen LogP contribution in [0, 0.1) is 0 Å². The van der Waals surface area contributed by atoms with Crippen LogP contribution in [-0.2, 0) is 15.0 Å². The molecule has 1 aliphatic rings. The second-order valence-corrected chi connectivity index (χ2v) is 7.13. The van der Waals surface area contributed by atoms with Gasteiger partial charge in [-0.15, -0.1) is 23.1 Å². The van der Waals surface area contributed by atoms with Crippen molar-refractivity contribution in [1.82, 2.24) is 5.32 Å². The second kappa shape index (κ2) is 7.13. The average molecular weight is 312 g/mol. The number of hydrogen-bond donors (Lipinski definition) is 2. The van der Waals surface area contributed by atoms with Crippen molar-refractivity contribution in [2.45, 2.75) is 31.1 Å². The smallest absolute Gasteiger partial charge is 0.230 e. The van der Waals surface area contributed by atoms with E-state index < -0.39 is 0 Å². The molecule has 0 unspecified atom stereocenters. The van der Waals surface area contributed by atoms with Crippen molar-refractivity contribution in [3.8, 4) is 0 Å². The molecule has 0 aromatic carbocycles. The van der Waals surface area contributed by atoms with Crippen molar-refractivity contribution in [3.05, 3.63) is 22.4 Å². The molecule has 20 heavy (non-hydrogen) atoms. The molecule has 1 heterocycles. The molecule has 0 atom stereocenters. The highest BCUT2D eigenvalue weighted by atomic mass is 32.2. The van der Waals surface area contributed by atoms with E-state index in [1.807, 2.05) is 0 Å². The van der Waals surface area contributed by atoms with Crippen LogP contribution in [0.5, 0.6) is 0 Å². The number of primary amides is 1. The van der Waals surface area contributed by atoms with Crippen molar-refractivity contribution in [2.24, 2.45) is 5.73 Å². The van der Waals surface area contributed by atoms with Crippen molar-refractivity contribution >= 4 is 34.9 Å². The van der Waals surface area contributed by atoms with Gasteiger partial charge in [0.25, 0.3) is 0 Å². The summed E-state index contributed by atoms with van der Waals surface area (Å²) in [5.74, 6) is 0.0974. The van der Waals surface area contributed by atoms with Crippen molar-refractivity contribution in [1.29, 1.82) is 0 Å². The molecule has 1 saturated carbocycles. The molecule has 0 radical (unpaired) electrons. The van der Waals surface area contributed by atoms with Gasteiger partial charge in [0, 0.05) is 16.8 Å². The first kappa shape index (κ1) is 15.4. The van der Waals surface area contributed by atoms with E-state index in [-0.39, 0.29) is 23.0 Å². The lowest BCUT2D eigenvalue weighted by Crippen LogP contribution is -2.39. The first-order valence-corrected chi connectivity index (χ1v) is 8.83. The maximum atomic E-state index is 11.8. The molecule has 0 aliphatic heterocycles. The topological polar surface area (TPSA) is 72.2 Å². The van der Waals surface area contributed by atoms with Crippen LogP contribution in [0.25, 0.3) is 0 Å². The minimum atomic E-state index is -0.381. The summed E-state index contributed by atoms with van der Waals surface area (Å²) in [5.41, 5.74) is 5.17. The molecule has 0 spiro atoms. The van der Waals surface area contributed by atoms with Gasteiger partial charge < -0.3 is 11.1 Å². The fourth-order valence-electron chi connectivity index (χ4n) is 2.71. The van der Waals surface area contributed by atoms with Gasteiger partial charge in [0.15, 0.2) is 0 Å². The van der Waals surface area contributed by atoms with Gasteiger partial charge >= 0.3 is 0 Å². The molecule has 1 fully saturated rings. The van der Waals surface area contributed by atoms with Gasteiger partial charge in [-0.2, -0.15) is 0 Å². The lowest BCUT2D eigenvalue weighted by atomic mass is 9.84. The Balaban J connectivity index is 1.84. The predicted octanol–water partition coefficient (Wildman–Crippen LogP) is 1.89. The fourth-order valence-corrected chi connectivity index (χ4v) is 4.28. The van der Waals surface area contributed by atoms with Crippen LogP contribution in [0.2, 0.25) is 0 Å². The Hall–Kier alpha value is -1.01. The second-order valence-electron chi connectivity index (χ2n) is 5.20. The number of carbonyl (C=O) groups is 2. The van der Waals surface area contributed by atoms with Crippen molar-refractivity contribution in [2.75, 3.05) is 18.1 Å². The third-order valence-corrected chi connectivity index (χ3v) is 5.78. The van der Waals surface area contributed by atoms with Crippen LogP contribution in [0.3, 0.4) is 0 Å². The van der Waals surface area contributed by atoms with E-state index in [1.165, 1.54) is 29.5 Å². The van der Waals surface area contributed by atoms with Crippen LogP contribution in [0.15, 0.2) is 17.5 Å². The number of thioether (sulfide) groups is 1. The van der Waals surface area contributed by atoms with Gasteiger partial charge in [0.05, 0.1) is 11.5 Å². The molecule has 2 amide bonds. The standard InChI is InChI=1S/C14H20N2O2S2/c15-12(17)8-19-9-13(18)16-10-14(5-1-2-6-14)11-4-3-7-20-11/h3-4,7H,1-2,5-6,8-10H2,(H2,15,17)(H,16,18). The van der Waals surface area contributed by atoms with E-state index in [0.29, 0.717) is 12.3 Å². The number of nitrogens with two attached hydrogens (primary N) is 1. The molecule has 4 nitrogen and oxygen atoms in total. The normalized spacial score (nSPS) is 17.0. The Morgan fingerprint density at radius 2 is 2.10 bits per heavy atom. The zero-order chi connectivity index (χ0) is 14.4. The quantitative estimate of drug-likeness (QED) is 0.807. The summed E-state index contributed by atoms with van der Waals surface area (Å²) in [4.78, 5) is 23.8. The van der Waals surface area contributed by atoms with E-state index in [0.717, 1.165) is 12.8 Å². The van der Waals surface area contributed by atoms with Gasteiger partial charge in [0.1, 0.15) is 0 Å². The van der Waals surface area contributed by atoms with Crippen molar-refractivity contribution in [3.63, 3.8) is 0 Å². The number of amides is 2. The molecule has 3 N–H and O–H groups in total. The summed E-state index contributed by atoms with van der Waals surface area (Å²) >= 11 is 3.04.